The van der Waals surface area contributed by atoms with E-state index in [1.54, 1.807) is 0 Å². The summed E-state index contributed by atoms with van der Waals surface area (Å²) >= 11 is 0. The molecule has 0 rings (SSSR count). The third kappa shape index (κ3) is 52.9. The molecule has 0 aromatic rings. The first-order valence-electron chi connectivity index (χ1n) is 30.4. The molecule has 0 aliphatic heterocycles. The smallest absolute Gasteiger partial charge is 0.221 e. The molecule has 0 heterocycles. The van der Waals surface area contributed by atoms with Gasteiger partial charge < -0.3 is 36.4 Å². The number of amides is 1. The van der Waals surface area contributed by atoms with E-state index in [9.17, 15) is 15.0 Å². The molecule has 2 atom stereocenters. The minimum atomic E-state index is -0.461. The first-order chi connectivity index (χ1) is 33.0. The Hall–Kier alpha value is -0.770. The molecule has 2 unspecified atom stereocenters. The molecule has 0 aromatic carbocycles. The molecule has 0 aromatic heterocycles. The van der Waals surface area contributed by atoms with Crippen LogP contribution in [0, 0.1) is 0 Å². The molecule has 0 bridgehead atoms. The number of unbranched alkanes of at least 4 members (excludes halogenated alkanes) is 38. The fourth-order valence-electron chi connectivity index (χ4n) is 9.81. The number of carbonyl (C=O) groups is 1. The van der Waals surface area contributed by atoms with Gasteiger partial charge in [-0.2, -0.15) is 0 Å². The molecule has 1 amide bonds. The molecule has 0 saturated carbocycles. The van der Waals surface area contributed by atoms with Gasteiger partial charge in [0.1, 0.15) is 0 Å². The number of nitrogens with zero attached hydrogens (tertiary/aromatic N) is 2. The lowest BCUT2D eigenvalue weighted by molar-refractivity contribution is -0.121. The van der Waals surface area contributed by atoms with Crippen molar-refractivity contribution < 1.29 is 15.0 Å². The molecule has 0 spiro atoms. The van der Waals surface area contributed by atoms with Crippen LogP contribution in [0.2, 0.25) is 0 Å². The van der Waals surface area contributed by atoms with Crippen LogP contribution in [0.25, 0.3) is 0 Å². The Morgan fingerprint density at radius 2 is 0.657 bits per heavy atom. The number of nitrogens with two attached hydrogens (primary N) is 1. The van der Waals surface area contributed by atoms with Gasteiger partial charge in [0, 0.05) is 45.7 Å². The van der Waals surface area contributed by atoms with Gasteiger partial charge in [-0.05, 0) is 58.3 Å². The van der Waals surface area contributed by atoms with E-state index in [2.05, 4.69) is 41.2 Å². The summed E-state index contributed by atoms with van der Waals surface area (Å²) in [5, 5.41) is 28.0. The molecule has 0 saturated heterocycles. The average molecular weight is 951 g/mol. The summed E-state index contributed by atoms with van der Waals surface area (Å²) in [7, 11) is 0. The second kappa shape index (κ2) is 56.1. The predicted octanol–water partition coefficient (Wildman–Crippen LogP) is 14.8. The fourth-order valence-corrected chi connectivity index (χ4v) is 9.81. The van der Waals surface area contributed by atoms with Crippen LogP contribution in [-0.4, -0.2) is 104 Å². The Bertz CT molecular complexity index is 943. The van der Waals surface area contributed by atoms with Crippen molar-refractivity contribution >= 4 is 5.91 Å². The summed E-state index contributed by atoms with van der Waals surface area (Å²) < 4.78 is 0. The number of aliphatic hydroxyl groups is 2. The van der Waals surface area contributed by atoms with Gasteiger partial charge in [0.15, 0.2) is 0 Å². The van der Waals surface area contributed by atoms with E-state index in [1.807, 2.05) is 0 Å². The van der Waals surface area contributed by atoms with Crippen LogP contribution in [0.1, 0.15) is 297 Å². The van der Waals surface area contributed by atoms with E-state index < -0.39 is 12.2 Å². The maximum absolute atomic E-state index is 12.5. The maximum Gasteiger partial charge on any atom is 0.221 e. The molecular formula is C59H123N5O3. The van der Waals surface area contributed by atoms with E-state index in [0.717, 1.165) is 52.0 Å². The fraction of sp³-hybridized carbons (Fsp3) is 0.983. The van der Waals surface area contributed by atoms with Gasteiger partial charge in [-0.1, -0.05) is 258 Å². The quantitative estimate of drug-likeness (QED) is 0.0386. The number of carbonyl (C=O) groups excluding carboxylic acids is 1. The number of nitrogens with one attached hydrogen (secondary N) is 2. The van der Waals surface area contributed by atoms with Crippen molar-refractivity contribution in [2.75, 3.05) is 65.4 Å². The van der Waals surface area contributed by atoms with Crippen molar-refractivity contribution in [1.29, 1.82) is 0 Å². The van der Waals surface area contributed by atoms with Crippen LogP contribution in [0.3, 0.4) is 0 Å². The van der Waals surface area contributed by atoms with Gasteiger partial charge in [-0.25, -0.2) is 0 Å². The minimum absolute atomic E-state index is 0.114. The monoisotopic (exact) mass is 950 g/mol. The highest BCUT2D eigenvalue weighted by Gasteiger charge is 2.14. The van der Waals surface area contributed by atoms with E-state index in [4.69, 9.17) is 5.73 Å². The van der Waals surface area contributed by atoms with Crippen molar-refractivity contribution in [3.63, 3.8) is 0 Å². The summed E-state index contributed by atoms with van der Waals surface area (Å²) in [5.74, 6) is 0.114. The lowest BCUT2D eigenvalue weighted by Gasteiger charge is -2.27. The highest BCUT2D eigenvalue weighted by atomic mass is 16.3. The van der Waals surface area contributed by atoms with Gasteiger partial charge in [0.2, 0.25) is 5.91 Å². The van der Waals surface area contributed by atoms with Crippen LogP contribution in [0.4, 0.5) is 0 Å². The third-order valence-corrected chi connectivity index (χ3v) is 14.3. The minimum Gasteiger partial charge on any atom is -0.390 e. The number of hydrogen-bond donors (Lipinski definition) is 5. The Kier molecular flexibility index (Phi) is 55.5. The van der Waals surface area contributed by atoms with E-state index >= 15 is 0 Å². The van der Waals surface area contributed by atoms with Crippen LogP contribution in [0.15, 0.2) is 0 Å². The first-order valence-corrected chi connectivity index (χ1v) is 30.4. The second-order valence-electron chi connectivity index (χ2n) is 21.2. The van der Waals surface area contributed by atoms with Crippen LogP contribution < -0.4 is 16.4 Å². The number of hydrogen-bond acceptors (Lipinski definition) is 7. The molecule has 8 heteroatoms. The predicted molar refractivity (Wildman–Crippen MR) is 295 cm³/mol. The summed E-state index contributed by atoms with van der Waals surface area (Å²) in [6.07, 6.45) is 56.0. The van der Waals surface area contributed by atoms with Gasteiger partial charge >= 0.3 is 0 Å². The van der Waals surface area contributed by atoms with Crippen molar-refractivity contribution in [2.24, 2.45) is 5.73 Å². The SMILES string of the molecule is CCCCCCCCCCCCCCCCCCNC(=O)CCNCC(O)CN(CCCCCCCCCCCCCC)CCCCN(CCCCCCCCCCCCCC)CC(O)CN. The van der Waals surface area contributed by atoms with E-state index in [1.165, 1.54) is 250 Å². The second-order valence-corrected chi connectivity index (χ2v) is 21.2. The lowest BCUT2D eigenvalue weighted by atomic mass is 10.0. The van der Waals surface area contributed by atoms with Crippen LogP contribution >= 0.6 is 0 Å². The highest BCUT2D eigenvalue weighted by molar-refractivity contribution is 5.75. The Labute approximate surface area is 420 Å². The topological polar surface area (TPSA) is 114 Å². The standard InChI is InChI=1S/C59H123N5O3/c1-4-7-10-13-16-19-22-25-26-27-28-29-32-35-38-41-47-62-59(67)46-48-61-54-58(66)56-64(50-43-40-37-34-31-24-21-18-15-12-9-6-3)52-45-44-51-63(55-57(65)53-60)49-42-39-36-33-30-23-20-17-14-11-8-5-2/h57-58,61,65-66H,4-56,60H2,1-3H3,(H,62,67). The third-order valence-electron chi connectivity index (χ3n) is 14.3. The van der Waals surface area contributed by atoms with Crippen LogP contribution in [-0.2, 0) is 4.79 Å². The summed E-state index contributed by atoms with van der Waals surface area (Å²) in [5.41, 5.74) is 5.84. The van der Waals surface area contributed by atoms with Crippen LogP contribution in [0.5, 0.6) is 0 Å². The molecule has 0 aliphatic carbocycles. The molecule has 402 valence electrons. The molecular weight excluding hydrogens is 827 g/mol. The van der Waals surface area contributed by atoms with E-state index in [-0.39, 0.29) is 5.91 Å². The first kappa shape index (κ1) is 66.2. The van der Waals surface area contributed by atoms with Crippen molar-refractivity contribution in [3.05, 3.63) is 0 Å². The largest absolute Gasteiger partial charge is 0.390 e. The zero-order valence-corrected chi connectivity index (χ0v) is 45.9. The van der Waals surface area contributed by atoms with Gasteiger partial charge in [0.25, 0.3) is 0 Å². The van der Waals surface area contributed by atoms with Gasteiger partial charge in [0.05, 0.1) is 12.2 Å². The Balaban J connectivity index is 4.45. The van der Waals surface area contributed by atoms with Crippen molar-refractivity contribution in [2.45, 2.75) is 309 Å². The summed E-state index contributed by atoms with van der Waals surface area (Å²) in [4.78, 5) is 17.4. The molecule has 6 N–H and O–H groups in total. The normalized spacial score (nSPS) is 12.8. The summed E-state index contributed by atoms with van der Waals surface area (Å²) in [6.45, 7) is 14.5. The van der Waals surface area contributed by atoms with Gasteiger partial charge in [-0.15, -0.1) is 0 Å². The zero-order chi connectivity index (χ0) is 48.8. The molecule has 8 nitrogen and oxygen atoms in total. The Morgan fingerprint density at radius 3 is 0.970 bits per heavy atom. The molecule has 0 fully saturated rings. The number of aliphatic hydroxyl groups excluding tert-OH is 2. The average Bonchev–Trinajstić information content (AvgIpc) is 3.33. The maximum atomic E-state index is 12.5. The van der Waals surface area contributed by atoms with E-state index in [0.29, 0.717) is 39.1 Å². The molecule has 67 heavy (non-hydrogen) atoms. The summed E-state index contributed by atoms with van der Waals surface area (Å²) in [6, 6.07) is 0. The Morgan fingerprint density at radius 1 is 0.388 bits per heavy atom. The lowest BCUT2D eigenvalue weighted by Crippen LogP contribution is -2.40. The number of rotatable bonds is 58. The molecule has 0 aliphatic rings. The molecule has 0 radical (unpaired) electrons. The zero-order valence-electron chi connectivity index (χ0n) is 45.9. The van der Waals surface area contributed by atoms with Crippen molar-refractivity contribution in [1.82, 2.24) is 20.4 Å². The van der Waals surface area contributed by atoms with Gasteiger partial charge in [-0.3, -0.25) is 4.79 Å². The van der Waals surface area contributed by atoms with Crippen molar-refractivity contribution in [3.8, 4) is 0 Å². The highest BCUT2D eigenvalue weighted by Crippen LogP contribution is 2.16.